The summed E-state index contributed by atoms with van der Waals surface area (Å²) in [6.45, 7) is 0.281. The number of hydrogen-bond donors (Lipinski definition) is 1. The molecule has 0 spiro atoms. The Morgan fingerprint density at radius 2 is 1.87 bits per heavy atom. The Bertz CT molecular complexity index is 950. The number of halogens is 3. The van der Waals surface area contributed by atoms with E-state index in [0.29, 0.717) is 17.7 Å². The lowest BCUT2D eigenvalue weighted by molar-refractivity contribution is -0.144. The molecule has 0 radical (unpaired) electrons. The molecule has 1 aromatic rings. The van der Waals surface area contributed by atoms with Gasteiger partial charge in [-0.2, -0.15) is 13.2 Å². The Morgan fingerprint density at radius 3 is 2.53 bits per heavy atom. The van der Waals surface area contributed by atoms with Gasteiger partial charge in [-0.1, -0.05) is 18.2 Å². The van der Waals surface area contributed by atoms with Crippen LogP contribution in [-0.4, -0.2) is 35.2 Å². The molecule has 9 heteroatoms. The summed E-state index contributed by atoms with van der Waals surface area (Å²) in [5, 5.41) is 2.27. The highest BCUT2D eigenvalue weighted by atomic mass is 19.4. The first-order valence-electron chi connectivity index (χ1n) is 9.56. The number of rotatable bonds is 4. The lowest BCUT2D eigenvalue weighted by Crippen LogP contribution is -2.53. The van der Waals surface area contributed by atoms with Gasteiger partial charge in [0.05, 0.1) is 11.5 Å². The number of alkyl halides is 3. The van der Waals surface area contributed by atoms with Crippen molar-refractivity contribution in [3.05, 3.63) is 58.9 Å². The van der Waals surface area contributed by atoms with E-state index in [-0.39, 0.29) is 37.8 Å². The fourth-order valence-electron chi connectivity index (χ4n) is 3.97. The van der Waals surface area contributed by atoms with E-state index in [1.165, 1.54) is 17.0 Å². The summed E-state index contributed by atoms with van der Waals surface area (Å²) in [5.74, 6) is -0.933. The average molecular weight is 420 g/mol. The maximum atomic E-state index is 12.8. The molecule has 158 valence electrons. The number of hydrogen-bond acceptors (Lipinski definition) is 4. The monoisotopic (exact) mass is 420 g/mol. The van der Waals surface area contributed by atoms with Crippen LogP contribution in [0.1, 0.15) is 30.4 Å². The molecule has 30 heavy (non-hydrogen) atoms. The Balaban J connectivity index is 1.48. The van der Waals surface area contributed by atoms with E-state index in [4.69, 9.17) is 4.74 Å². The van der Waals surface area contributed by atoms with Crippen LogP contribution in [0.15, 0.2) is 47.7 Å². The predicted octanol–water partition coefficient (Wildman–Crippen LogP) is 2.70. The van der Waals surface area contributed by atoms with Crippen molar-refractivity contribution in [3.63, 3.8) is 0 Å². The standard InChI is InChI=1S/C21H19F3N2O4/c22-21(23,24)13-6-4-12(5-7-13)11-30-17-3-1-2-14-15(17)10-26(20(14)29)16-8-9-18(27)25-19(16)28/h1,3-7,14,16H,2,8-11H2,(H,25,27,28). The van der Waals surface area contributed by atoms with Gasteiger partial charge in [-0.05, 0) is 36.6 Å². The molecule has 2 fully saturated rings. The highest BCUT2D eigenvalue weighted by Crippen LogP contribution is 2.36. The molecule has 4 rings (SSSR count). The van der Waals surface area contributed by atoms with Gasteiger partial charge in [0.1, 0.15) is 18.4 Å². The van der Waals surface area contributed by atoms with Crippen LogP contribution in [0.3, 0.4) is 0 Å². The van der Waals surface area contributed by atoms with Crippen LogP contribution in [0, 0.1) is 5.92 Å². The van der Waals surface area contributed by atoms with Gasteiger partial charge in [-0.3, -0.25) is 19.7 Å². The Kier molecular flexibility index (Phi) is 5.13. The molecular formula is C21H19F3N2O4. The van der Waals surface area contributed by atoms with E-state index < -0.39 is 29.6 Å². The Morgan fingerprint density at radius 1 is 1.13 bits per heavy atom. The van der Waals surface area contributed by atoms with Crippen LogP contribution in [0.4, 0.5) is 13.2 Å². The van der Waals surface area contributed by atoms with E-state index in [2.05, 4.69) is 5.32 Å². The normalized spacial score (nSPS) is 24.2. The van der Waals surface area contributed by atoms with Crippen molar-refractivity contribution < 1.29 is 32.3 Å². The number of benzene rings is 1. The number of allylic oxidation sites excluding steroid dienone is 2. The molecule has 1 N–H and O–H groups in total. The summed E-state index contributed by atoms with van der Waals surface area (Å²) in [5.41, 5.74) is 0.587. The Hall–Kier alpha value is -3.10. The summed E-state index contributed by atoms with van der Waals surface area (Å²) in [7, 11) is 0. The van der Waals surface area contributed by atoms with Gasteiger partial charge in [0.2, 0.25) is 17.7 Å². The Labute approximate surface area is 170 Å². The van der Waals surface area contributed by atoms with Crippen LogP contribution in [0.25, 0.3) is 0 Å². The van der Waals surface area contributed by atoms with Crippen molar-refractivity contribution in [1.82, 2.24) is 10.2 Å². The third kappa shape index (κ3) is 3.83. The fraction of sp³-hybridized carbons (Fsp3) is 0.381. The number of piperidine rings is 1. The number of nitrogens with one attached hydrogen (secondary N) is 1. The first-order chi connectivity index (χ1) is 14.2. The molecule has 2 atom stereocenters. The van der Waals surface area contributed by atoms with Crippen molar-refractivity contribution >= 4 is 17.7 Å². The minimum atomic E-state index is -4.40. The molecule has 0 saturated carbocycles. The molecule has 2 saturated heterocycles. The van der Waals surface area contributed by atoms with E-state index >= 15 is 0 Å². The number of imide groups is 1. The molecule has 0 bridgehead atoms. The van der Waals surface area contributed by atoms with Gasteiger partial charge >= 0.3 is 6.18 Å². The largest absolute Gasteiger partial charge is 0.489 e. The van der Waals surface area contributed by atoms with Crippen LogP contribution in [-0.2, 0) is 31.9 Å². The minimum absolute atomic E-state index is 0.0562. The lowest BCUT2D eigenvalue weighted by atomic mass is 9.93. The van der Waals surface area contributed by atoms with Crippen LogP contribution in [0.5, 0.6) is 0 Å². The van der Waals surface area contributed by atoms with Crippen molar-refractivity contribution in [2.45, 2.75) is 38.1 Å². The summed E-state index contributed by atoms with van der Waals surface area (Å²) in [6, 6.07) is 4.02. The van der Waals surface area contributed by atoms with Crippen LogP contribution >= 0.6 is 0 Å². The molecule has 3 amide bonds. The van der Waals surface area contributed by atoms with Crippen LogP contribution in [0.2, 0.25) is 0 Å². The lowest BCUT2D eigenvalue weighted by Gasteiger charge is -2.29. The predicted molar refractivity (Wildman–Crippen MR) is 98.4 cm³/mol. The molecular weight excluding hydrogens is 401 g/mol. The third-order valence-electron chi connectivity index (χ3n) is 5.56. The average Bonchev–Trinajstić information content (AvgIpc) is 3.03. The molecule has 6 nitrogen and oxygen atoms in total. The maximum Gasteiger partial charge on any atom is 0.416 e. The minimum Gasteiger partial charge on any atom is -0.489 e. The van der Waals surface area contributed by atoms with Gasteiger partial charge in [0.15, 0.2) is 0 Å². The van der Waals surface area contributed by atoms with Crippen molar-refractivity contribution in [2.24, 2.45) is 5.92 Å². The van der Waals surface area contributed by atoms with Crippen molar-refractivity contribution in [1.29, 1.82) is 0 Å². The highest BCUT2D eigenvalue weighted by Gasteiger charge is 2.45. The molecule has 2 heterocycles. The van der Waals surface area contributed by atoms with Gasteiger partial charge in [0, 0.05) is 18.5 Å². The fourth-order valence-corrected chi connectivity index (χ4v) is 3.97. The van der Waals surface area contributed by atoms with Gasteiger partial charge in [0.25, 0.3) is 0 Å². The number of amides is 3. The second-order valence-corrected chi connectivity index (χ2v) is 7.50. The number of ether oxygens (including phenoxy) is 1. The van der Waals surface area contributed by atoms with Gasteiger partial charge in [-0.15, -0.1) is 0 Å². The molecule has 1 aliphatic carbocycles. The zero-order valence-corrected chi connectivity index (χ0v) is 15.9. The highest BCUT2D eigenvalue weighted by molar-refractivity contribution is 6.02. The summed E-state index contributed by atoms with van der Waals surface area (Å²) in [6.07, 6.45) is 0.113. The SMILES string of the molecule is O=C1CCC(N2CC3=C(OCc4ccc(C(F)(F)F)cc4)C=CCC3C2=O)C(=O)N1. The third-order valence-corrected chi connectivity index (χ3v) is 5.56. The zero-order chi connectivity index (χ0) is 21.5. The quantitative estimate of drug-likeness (QED) is 0.760. The summed E-state index contributed by atoms with van der Waals surface area (Å²) in [4.78, 5) is 37.9. The van der Waals surface area contributed by atoms with Gasteiger partial charge in [-0.25, -0.2) is 0 Å². The molecule has 2 aliphatic heterocycles. The van der Waals surface area contributed by atoms with E-state index in [9.17, 15) is 27.6 Å². The van der Waals surface area contributed by atoms with Crippen molar-refractivity contribution in [2.75, 3.05) is 6.54 Å². The number of nitrogens with zero attached hydrogens (tertiary/aromatic N) is 1. The van der Waals surface area contributed by atoms with Crippen molar-refractivity contribution in [3.8, 4) is 0 Å². The first-order valence-corrected chi connectivity index (χ1v) is 9.56. The molecule has 1 aromatic carbocycles. The van der Waals surface area contributed by atoms with Gasteiger partial charge < -0.3 is 9.64 Å². The van der Waals surface area contributed by atoms with E-state index in [1.807, 2.05) is 6.08 Å². The summed E-state index contributed by atoms with van der Waals surface area (Å²) < 4.78 is 43.9. The topological polar surface area (TPSA) is 75.7 Å². The summed E-state index contributed by atoms with van der Waals surface area (Å²) >= 11 is 0. The molecule has 2 unspecified atom stereocenters. The van der Waals surface area contributed by atoms with E-state index in [1.54, 1.807) is 6.08 Å². The number of carbonyl (C=O) groups is 3. The molecule has 0 aromatic heterocycles. The smallest absolute Gasteiger partial charge is 0.416 e. The first kappa shape index (κ1) is 20.2. The number of fused-ring (bicyclic) bond motifs is 1. The second-order valence-electron chi connectivity index (χ2n) is 7.50. The van der Waals surface area contributed by atoms with Crippen LogP contribution < -0.4 is 5.32 Å². The second kappa shape index (κ2) is 7.62. The molecule has 3 aliphatic rings. The number of likely N-dealkylation sites (tertiary alicyclic amines) is 1. The maximum absolute atomic E-state index is 12.8. The zero-order valence-electron chi connectivity index (χ0n) is 15.9. The van der Waals surface area contributed by atoms with E-state index in [0.717, 1.165) is 17.7 Å². The number of carbonyl (C=O) groups excluding carboxylic acids is 3.